The second-order valence-corrected chi connectivity index (χ2v) is 5.57. The Morgan fingerprint density at radius 3 is 2.53 bits per heavy atom. The average molecular weight is 269 g/mol. The smallest absolute Gasteiger partial charge is 0.242 e. The number of hydrogen-bond donors (Lipinski definition) is 2. The van der Waals surface area contributed by atoms with E-state index in [-0.39, 0.29) is 18.6 Å². The maximum absolute atomic E-state index is 12.3. The molecule has 1 saturated carbocycles. The maximum Gasteiger partial charge on any atom is 0.242 e. The van der Waals surface area contributed by atoms with Crippen molar-refractivity contribution in [3.05, 3.63) is 0 Å². The fourth-order valence-corrected chi connectivity index (χ4v) is 2.89. The largest absolute Gasteiger partial charge is 0.377 e. The van der Waals surface area contributed by atoms with Crippen molar-refractivity contribution in [2.75, 3.05) is 19.8 Å². The molecule has 108 valence electrons. The Labute approximate surface area is 113 Å². The zero-order valence-electron chi connectivity index (χ0n) is 11.2. The summed E-state index contributed by atoms with van der Waals surface area (Å²) in [6, 6.07) is -0.319. The molecule has 1 saturated heterocycles. The van der Waals surface area contributed by atoms with Crippen molar-refractivity contribution in [1.82, 2.24) is 4.90 Å². The number of amides is 2. The highest BCUT2D eigenvalue weighted by Crippen LogP contribution is 2.27. The Hall–Kier alpha value is -1.14. The van der Waals surface area contributed by atoms with E-state index >= 15 is 0 Å². The Balaban J connectivity index is 1.89. The predicted octanol–water partition coefficient (Wildman–Crippen LogP) is -0.393. The summed E-state index contributed by atoms with van der Waals surface area (Å²) in [5, 5.41) is 0. The van der Waals surface area contributed by atoms with Crippen LogP contribution < -0.4 is 11.5 Å². The zero-order chi connectivity index (χ0) is 13.8. The molecule has 1 heterocycles. The van der Waals surface area contributed by atoms with E-state index in [0.717, 1.165) is 25.7 Å². The van der Waals surface area contributed by atoms with Gasteiger partial charge in [0.25, 0.3) is 0 Å². The van der Waals surface area contributed by atoms with Crippen molar-refractivity contribution in [3.8, 4) is 0 Å². The van der Waals surface area contributed by atoms with Crippen molar-refractivity contribution >= 4 is 11.8 Å². The highest BCUT2D eigenvalue weighted by molar-refractivity contribution is 5.87. The standard InChI is InChI=1S/C13H23N3O3/c14-10-3-1-9(2-4-10)7-12(17)16-5-6-19-8-11(16)13(15)18/h9-11H,1-8,14H2,(H2,15,18). The minimum atomic E-state index is -0.605. The number of morpholine rings is 1. The zero-order valence-corrected chi connectivity index (χ0v) is 11.2. The van der Waals surface area contributed by atoms with Gasteiger partial charge in [0, 0.05) is 19.0 Å². The van der Waals surface area contributed by atoms with E-state index in [2.05, 4.69) is 0 Å². The van der Waals surface area contributed by atoms with Gasteiger partial charge in [0.05, 0.1) is 13.2 Å². The van der Waals surface area contributed by atoms with Gasteiger partial charge in [0.15, 0.2) is 0 Å². The van der Waals surface area contributed by atoms with Crippen LogP contribution >= 0.6 is 0 Å². The Kier molecular flexibility index (Phi) is 4.76. The summed E-state index contributed by atoms with van der Waals surface area (Å²) in [5.41, 5.74) is 11.2. The van der Waals surface area contributed by atoms with E-state index in [0.29, 0.717) is 25.5 Å². The number of nitrogens with zero attached hydrogens (tertiary/aromatic N) is 1. The third kappa shape index (κ3) is 3.67. The molecule has 6 heteroatoms. The Morgan fingerprint density at radius 1 is 1.21 bits per heavy atom. The third-order valence-corrected chi connectivity index (χ3v) is 4.13. The van der Waals surface area contributed by atoms with E-state index in [9.17, 15) is 9.59 Å². The second-order valence-electron chi connectivity index (χ2n) is 5.57. The van der Waals surface area contributed by atoms with Crippen LogP contribution in [0.2, 0.25) is 0 Å². The molecule has 19 heavy (non-hydrogen) atoms. The highest BCUT2D eigenvalue weighted by Gasteiger charge is 2.32. The molecule has 1 atom stereocenters. The van der Waals surface area contributed by atoms with Gasteiger partial charge in [-0.1, -0.05) is 0 Å². The lowest BCUT2D eigenvalue weighted by Gasteiger charge is -2.35. The predicted molar refractivity (Wildman–Crippen MR) is 70.1 cm³/mol. The van der Waals surface area contributed by atoms with E-state index in [4.69, 9.17) is 16.2 Å². The summed E-state index contributed by atoms with van der Waals surface area (Å²) in [6.07, 6.45) is 4.47. The van der Waals surface area contributed by atoms with E-state index in [1.54, 1.807) is 4.90 Å². The van der Waals surface area contributed by atoms with Crippen molar-refractivity contribution < 1.29 is 14.3 Å². The monoisotopic (exact) mass is 269 g/mol. The molecule has 2 rings (SSSR count). The molecular weight excluding hydrogens is 246 g/mol. The molecule has 6 nitrogen and oxygen atoms in total. The first kappa shape index (κ1) is 14.3. The van der Waals surface area contributed by atoms with Crippen molar-refractivity contribution in [1.29, 1.82) is 0 Å². The van der Waals surface area contributed by atoms with Gasteiger partial charge in [0.2, 0.25) is 11.8 Å². The van der Waals surface area contributed by atoms with Crippen LogP contribution in [0, 0.1) is 5.92 Å². The summed E-state index contributed by atoms with van der Waals surface area (Å²) in [6.45, 7) is 1.15. The number of rotatable bonds is 3. The molecule has 0 aromatic heterocycles. The van der Waals surface area contributed by atoms with Gasteiger partial charge in [-0.3, -0.25) is 9.59 Å². The molecule has 0 spiro atoms. The van der Waals surface area contributed by atoms with Gasteiger partial charge in [-0.15, -0.1) is 0 Å². The highest BCUT2D eigenvalue weighted by atomic mass is 16.5. The lowest BCUT2D eigenvalue weighted by molar-refractivity contribution is -0.148. The SMILES string of the molecule is NC(=O)C1COCCN1C(=O)CC1CCC(N)CC1. The number of hydrogen-bond acceptors (Lipinski definition) is 4. The number of primary amides is 1. The summed E-state index contributed by atoms with van der Waals surface area (Å²) in [4.78, 5) is 25.2. The average Bonchev–Trinajstić information content (AvgIpc) is 2.41. The molecule has 0 aromatic carbocycles. The third-order valence-electron chi connectivity index (χ3n) is 4.13. The van der Waals surface area contributed by atoms with Crippen molar-refractivity contribution in [2.45, 2.75) is 44.2 Å². The molecular formula is C13H23N3O3. The molecule has 1 aliphatic heterocycles. The summed E-state index contributed by atoms with van der Waals surface area (Å²) in [5.74, 6) is -0.0741. The van der Waals surface area contributed by atoms with Crippen LogP contribution in [0.15, 0.2) is 0 Å². The van der Waals surface area contributed by atoms with Crippen LogP contribution in [0.3, 0.4) is 0 Å². The van der Waals surface area contributed by atoms with Crippen molar-refractivity contribution in [2.24, 2.45) is 17.4 Å². The number of ether oxygens (including phenoxy) is 1. The Morgan fingerprint density at radius 2 is 1.89 bits per heavy atom. The molecule has 0 bridgehead atoms. The topological polar surface area (TPSA) is 98.7 Å². The fraction of sp³-hybridized carbons (Fsp3) is 0.846. The fourth-order valence-electron chi connectivity index (χ4n) is 2.89. The first-order valence-corrected chi connectivity index (χ1v) is 7.00. The molecule has 0 radical (unpaired) electrons. The molecule has 1 unspecified atom stereocenters. The summed E-state index contributed by atoms with van der Waals surface area (Å²) < 4.78 is 5.22. The van der Waals surface area contributed by atoms with Gasteiger partial charge in [-0.25, -0.2) is 0 Å². The first-order valence-electron chi connectivity index (χ1n) is 7.00. The van der Waals surface area contributed by atoms with Gasteiger partial charge >= 0.3 is 0 Å². The van der Waals surface area contributed by atoms with Gasteiger partial charge in [-0.05, 0) is 31.6 Å². The van der Waals surface area contributed by atoms with E-state index in [1.807, 2.05) is 0 Å². The minimum absolute atomic E-state index is 0.0209. The first-order chi connectivity index (χ1) is 9.08. The molecule has 0 aromatic rings. The van der Waals surface area contributed by atoms with Crippen LogP contribution in [-0.4, -0.2) is 48.6 Å². The molecule has 2 amide bonds. The van der Waals surface area contributed by atoms with Gasteiger partial charge in [0.1, 0.15) is 6.04 Å². The van der Waals surface area contributed by atoms with Crippen LogP contribution in [0.4, 0.5) is 0 Å². The molecule has 2 aliphatic rings. The second kappa shape index (κ2) is 6.34. The Bertz CT molecular complexity index is 340. The van der Waals surface area contributed by atoms with E-state index < -0.39 is 11.9 Å². The summed E-state index contributed by atoms with van der Waals surface area (Å²) in [7, 11) is 0. The number of carbonyl (C=O) groups is 2. The summed E-state index contributed by atoms with van der Waals surface area (Å²) >= 11 is 0. The van der Waals surface area contributed by atoms with Gasteiger partial charge < -0.3 is 21.1 Å². The lowest BCUT2D eigenvalue weighted by atomic mass is 9.84. The molecule has 1 aliphatic carbocycles. The normalized spacial score (nSPS) is 32.1. The number of carbonyl (C=O) groups excluding carboxylic acids is 2. The molecule has 4 N–H and O–H groups in total. The minimum Gasteiger partial charge on any atom is -0.377 e. The number of nitrogens with two attached hydrogens (primary N) is 2. The molecule has 2 fully saturated rings. The van der Waals surface area contributed by atoms with Gasteiger partial charge in [-0.2, -0.15) is 0 Å². The van der Waals surface area contributed by atoms with Crippen LogP contribution in [-0.2, 0) is 14.3 Å². The maximum atomic E-state index is 12.3. The lowest BCUT2D eigenvalue weighted by Crippen LogP contribution is -2.55. The van der Waals surface area contributed by atoms with Crippen LogP contribution in [0.25, 0.3) is 0 Å². The quantitative estimate of drug-likeness (QED) is 0.728. The van der Waals surface area contributed by atoms with Crippen LogP contribution in [0.5, 0.6) is 0 Å². The van der Waals surface area contributed by atoms with E-state index in [1.165, 1.54) is 0 Å². The van der Waals surface area contributed by atoms with Crippen molar-refractivity contribution in [3.63, 3.8) is 0 Å². The van der Waals surface area contributed by atoms with Crippen LogP contribution in [0.1, 0.15) is 32.1 Å².